The molecule has 0 unspecified atom stereocenters. The molecule has 0 aromatic heterocycles. The van der Waals surface area contributed by atoms with Crippen LogP contribution in [0.25, 0.3) is 0 Å². The van der Waals surface area contributed by atoms with E-state index in [-0.39, 0.29) is 11.4 Å². The lowest BCUT2D eigenvalue weighted by molar-refractivity contribution is 0.197. The highest BCUT2D eigenvalue weighted by atomic mass is 16.2. The standard InChI is InChI=1S/C17H21N3O/c18-10-9-17(7-8-17)13-19-16(21)20-11-5-14-3-1-2-4-15(14)6-12-20/h1-4H,5-9,11-13H2,(H,19,21). The first kappa shape index (κ1) is 13.9. The van der Waals surface area contributed by atoms with Crippen molar-refractivity contribution in [3.63, 3.8) is 0 Å². The number of benzene rings is 1. The molecule has 110 valence electrons. The number of carbonyl (C=O) groups is 1. The molecule has 4 nitrogen and oxygen atoms in total. The SMILES string of the molecule is N#CCC1(CNC(=O)N2CCc3ccccc3CC2)CC1. The van der Waals surface area contributed by atoms with Gasteiger partial charge in [-0.15, -0.1) is 0 Å². The molecular weight excluding hydrogens is 262 g/mol. The number of hydrogen-bond donors (Lipinski definition) is 1. The summed E-state index contributed by atoms with van der Waals surface area (Å²) >= 11 is 0. The predicted octanol–water partition coefficient (Wildman–Crippen LogP) is 2.49. The number of urea groups is 1. The molecule has 1 saturated carbocycles. The van der Waals surface area contributed by atoms with Crippen LogP contribution in [0.4, 0.5) is 4.79 Å². The second-order valence-corrected chi connectivity index (χ2v) is 6.25. The average Bonchev–Trinajstić information content (AvgIpc) is 3.28. The number of hydrogen-bond acceptors (Lipinski definition) is 2. The van der Waals surface area contributed by atoms with Crippen molar-refractivity contribution >= 4 is 6.03 Å². The maximum absolute atomic E-state index is 12.3. The third-order valence-electron chi connectivity index (χ3n) is 4.73. The number of fused-ring (bicyclic) bond motifs is 1. The van der Waals surface area contributed by atoms with Gasteiger partial charge in [-0.25, -0.2) is 4.79 Å². The van der Waals surface area contributed by atoms with E-state index >= 15 is 0 Å². The number of rotatable bonds is 3. The Morgan fingerprint density at radius 2 is 1.86 bits per heavy atom. The second-order valence-electron chi connectivity index (χ2n) is 6.25. The molecule has 0 atom stereocenters. The minimum absolute atomic E-state index is 0.0204. The van der Waals surface area contributed by atoms with Gasteiger partial charge in [-0.2, -0.15) is 5.26 Å². The molecule has 21 heavy (non-hydrogen) atoms. The summed E-state index contributed by atoms with van der Waals surface area (Å²) in [5.41, 5.74) is 2.78. The van der Waals surface area contributed by atoms with Crippen molar-refractivity contribution in [2.24, 2.45) is 5.41 Å². The van der Waals surface area contributed by atoms with Gasteiger partial charge in [0.15, 0.2) is 0 Å². The summed E-state index contributed by atoms with van der Waals surface area (Å²) in [5, 5.41) is 11.9. The number of nitrogens with zero attached hydrogens (tertiary/aromatic N) is 2. The Labute approximate surface area is 125 Å². The third kappa shape index (κ3) is 3.18. The van der Waals surface area contributed by atoms with E-state index in [0.717, 1.165) is 38.8 Å². The van der Waals surface area contributed by atoms with Crippen LogP contribution >= 0.6 is 0 Å². The number of amides is 2. The summed E-state index contributed by atoms with van der Waals surface area (Å²) in [4.78, 5) is 14.2. The van der Waals surface area contributed by atoms with Gasteiger partial charge in [0.1, 0.15) is 0 Å². The quantitative estimate of drug-likeness (QED) is 0.926. The van der Waals surface area contributed by atoms with E-state index in [0.29, 0.717) is 13.0 Å². The zero-order valence-corrected chi connectivity index (χ0v) is 12.3. The summed E-state index contributed by atoms with van der Waals surface area (Å²) in [6.45, 7) is 2.19. The monoisotopic (exact) mass is 283 g/mol. The van der Waals surface area contributed by atoms with Gasteiger partial charge in [0, 0.05) is 31.5 Å². The summed E-state index contributed by atoms with van der Waals surface area (Å²) in [7, 11) is 0. The Morgan fingerprint density at radius 3 is 2.38 bits per heavy atom. The molecule has 1 aliphatic carbocycles. The van der Waals surface area contributed by atoms with Crippen molar-refractivity contribution in [3.8, 4) is 6.07 Å². The van der Waals surface area contributed by atoms with Crippen LogP contribution in [-0.4, -0.2) is 30.6 Å². The normalized spacial score (nSPS) is 19.1. The van der Waals surface area contributed by atoms with Gasteiger partial charge >= 0.3 is 6.03 Å². The molecule has 2 amide bonds. The van der Waals surface area contributed by atoms with Gasteiger partial charge in [0.25, 0.3) is 0 Å². The molecule has 4 heteroatoms. The molecule has 1 N–H and O–H groups in total. The van der Waals surface area contributed by atoms with Crippen molar-refractivity contribution in [2.45, 2.75) is 32.1 Å². The van der Waals surface area contributed by atoms with Crippen molar-refractivity contribution < 1.29 is 4.79 Å². The van der Waals surface area contributed by atoms with E-state index in [9.17, 15) is 4.79 Å². The zero-order chi connectivity index (χ0) is 14.7. The van der Waals surface area contributed by atoms with Crippen LogP contribution in [0.5, 0.6) is 0 Å². The first-order valence-electron chi connectivity index (χ1n) is 7.69. The predicted molar refractivity (Wildman–Crippen MR) is 80.7 cm³/mol. The van der Waals surface area contributed by atoms with Gasteiger partial charge in [0.2, 0.25) is 0 Å². The van der Waals surface area contributed by atoms with E-state index in [4.69, 9.17) is 5.26 Å². The highest BCUT2D eigenvalue weighted by molar-refractivity contribution is 5.74. The fraction of sp³-hybridized carbons (Fsp3) is 0.529. The van der Waals surface area contributed by atoms with Gasteiger partial charge in [0.05, 0.1) is 6.07 Å². The number of nitriles is 1. The van der Waals surface area contributed by atoms with Crippen LogP contribution in [-0.2, 0) is 12.8 Å². The van der Waals surface area contributed by atoms with Crippen molar-refractivity contribution in [1.29, 1.82) is 5.26 Å². The largest absolute Gasteiger partial charge is 0.337 e. The summed E-state index contributed by atoms with van der Waals surface area (Å²) in [5.74, 6) is 0. The molecule has 2 aliphatic rings. The van der Waals surface area contributed by atoms with Crippen LogP contribution in [0, 0.1) is 16.7 Å². The molecular formula is C17H21N3O. The van der Waals surface area contributed by atoms with Crippen LogP contribution in [0.2, 0.25) is 0 Å². The fourth-order valence-electron chi connectivity index (χ4n) is 3.01. The van der Waals surface area contributed by atoms with Gasteiger partial charge < -0.3 is 10.2 Å². The first-order chi connectivity index (χ1) is 10.2. The molecule has 3 rings (SSSR count). The number of nitrogens with one attached hydrogen (secondary N) is 1. The molecule has 0 bridgehead atoms. The first-order valence-corrected chi connectivity index (χ1v) is 7.69. The molecule has 0 saturated heterocycles. The average molecular weight is 283 g/mol. The minimum atomic E-state index is 0.0204. The molecule has 1 aromatic carbocycles. The highest BCUT2D eigenvalue weighted by Crippen LogP contribution is 2.47. The van der Waals surface area contributed by atoms with E-state index in [1.165, 1.54) is 11.1 Å². The Morgan fingerprint density at radius 1 is 1.24 bits per heavy atom. The summed E-state index contributed by atoms with van der Waals surface area (Å²) in [6, 6.07) is 10.7. The second kappa shape index (κ2) is 5.77. The van der Waals surface area contributed by atoms with Gasteiger partial charge in [-0.3, -0.25) is 0 Å². The van der Waals surface area contributed by atoms with Crippen molar-refractivity contribution in [1.82, 2.24) is 10.2 Å². The van der Waals surface area contributed by atoms with Crippen LogP contribution in [0.15, 0.2) is 24.3 Å². The maximum atomic E-state index is 12.3. The van der Waals surface area contributed by atoms with Gasteiger partial charge in [-0.1, -0.05) is 24.3 Å². The highest BCUT2D eigenvalue weighted by Gasteiger charge is 2.42. The lowest BCUT2D eigenvalue weighted by atomic mass is 10.0. The fourth-order valence-corrected chi connectivity index (χ4v) is 3.01. The zero-order valence-electron chi connectivity index (χ0n) is 12.3. The van der Waals surface area contributed by atoms with E-state index < -0.39 is 0 Å². The third-order valence-corrected chi connectivity index (χ3v) is 4.73. The van der Waals surface area contributed by atoms with Crippen molar-refractivity contribution in [3.05, 3.63) is 35.4 Å². The lowest BCUT2D eigenvalue weighted by Crippen LogP contribution is -2.43. The minimum Gasteiger partial charge on any atom is -0.337 e. The molecule has 1 aromatic rings. The Balaban J connectivity index is 1.54. The van der Waals surface area contributed by atoms with Crippen LogP contribution in [0.3, 0.4) is 0 Å². The number of carbonyl (C=O) groups excluding carboxylic acids is 1. The molecule has 1 fully saturated rings. The summed E-state index contributed by atoms with van der Waals surface area (Å²) in [6.07, 6.45) is 4.52. The smallest absolute Gasteiger partial charge is 0.317 e. The van der Waals surface area contributed by atoms with Gasteiger partial charge in [-0.05, 0) is 36.8 Å². The summed E-state index contributed by atoms with van der Waals surface area (Å²) < 4.78 is 0. The topological polar surface area (TPSA) is 56.1 Å². The Kier molecular flexibility index (Phi) is 3.83. The van der Waals surface area contributed by atoms with Crippen LogP contribution < -0.4 is 5.32 Å². The molecule has 1 heterocycles. The molecule has 0 radical (unpaired) electrons. The Hall–Kier alpha value is -2.02. The lowest BCUT2D eigenvalue weighted by Gasteiger charge is -2.22. The van der Waals surface area contributed by atoms with E-state index in [2.05, 4.69) is 35.7 Å². The maximum Gasteiger partial charge on any atom is 0.317 e. The van der Waals surface area contributed by atoms with E-state index in [1.807, 2.05) is 4.90 Å². The molecule has 0 spiro atoms. The molecule has 1 aliphatic heterocycles. The Bertz CT molecular complexity index is 545. The van der Waals surface area contributed by atoms with Crippen molar-refractivity contribution in [2.75, 3.05) is 19.6 Å². The van der Waals surface area contributed by atoms with Crippen LogP contribution in [0.1, 0.15) is 30.4 Å². The van der Waals surface area contributed by atoms with E-state index in [1.54, 1.807) is 0 Å².